The van der Waals surface area contributed by atoms with Crippen molar-refractivity contribution in [3.63, 3.8) is 0 Å². The number of likely N-dealkylation sites (tertiary alicyclic amines) is 1. The first-order valence-electron chi connectivity index (χ1n) is 8.17. The van der Waals surface area contributed by atoms with E-state index >= 15 is 0 Å². The molecule has 0 bridgehead atoms. The molecular weight excluding hydrogens is 318 g/mol. The lowest BCUT2D eigenvalue weighted by molar-refractivity contribution is -0.129. The molecule has 7 nitrogen and oxygen atoms in total. The zero-order chi connectivity index (χ0) is 17.5. The van der Waals surface area contributed by atoms with Crippen molar-refractivity contribution in [1.82, 2.24) is 25.1 Å². The zero-order valence-electron chi connectivity index (χ0n) is 14.0. The van der Waals surface area contributed by atoms with Crippen molar-refractivity contribution in [2.24, 2.45) is 4.99 Å². The van der Waals surface area contributed by atoms with Gasteiger partial charge >= 0.3 is 6.55 Å². The lowest BCUT2D eigenvalue weighted by Gasteiger charge is -2.18. The molecule has 2 heterocycles. The third kappa shape index (κ3) is 4.65. The molecule has 0 saturated carbocycles. The van der Waals surface area contributed by atoms with Crippen molar-refractivity contribution in [3.8, 4) is 0 Å². The number of guanidine groups is 1. The number of carbonyl (C=O) groups is 1. The zero-order valence-corrected chi connectivity index (χ0v) is 14.0. The highest BCUT2D eigenvalue weighted by Crippen LogP contribution is 2.13. The van der Waals surface area contributed by atoms with Crippen LogP contribution in [0.15, 0.2) is 17.4 Å². The van der Waals surface area contributed by atoms with Crippen molar-refractivity contribution in [1.29, 1.82) is 0 Å². The molecule has 24 heavy (non-hydrogen) atoms. The number of imidazole rings is 1. The van der Waals surface area contributed by atoms with E-state index in [1.54, 1.807) is 0 Å². The fourth-order valence-electron chi connectivity index (χ4n) is 2.64. The van der Waals surface area contributed by atoms with Crippen LogP contribution >= 0.6 is 0 Å². The van der Waals surface area contributed by atoms with E-state index in [0.29, 0.717) is 25.5 Å². The van der Waals surface area contributed by atoms with Crippen molar-refractivity contribution >= 4 is 11.9 Å². The van der Waals surface area contributed by atoms with Gasteiger partial charge in [-0.25, -0.2) is 9.98 Å². The van der Waals surface area contributed by atoms with Crippen molar-refractivity contribution in [2.75, 3.05) is 19.6 Å². The second kappa shape index (κ2) is 8.60. The van der Waals surface area contributed by atoms with Gasteiger partial charge in [0.05, 0.1) is 0 Å². The Hall–Kier alpha value is -2.19. The molecule has 1 aromatic heterocycles. The van der Waals surface area contributed by atoms with Crippen LogP contribution in [0.25, 0.3) is 0 Å². The van der Waals surface area contributed by atoms with Crippen LogP contribution in [-0.4, -0.2) is 52.0 Å². The molecule has 0 radical (unpaired) electrons. The van der Waals surface area contributed by atoms with E-state index in [-0.39, 0.29) is 24.3 Å². The molecule has 1 aliphatic rings. The number of hydrogen-bond acceptors (Lipinski definition) is 3. The molecule has 134 valence electrons. The Balaban J connectivity index is 1.96. The Labute approximate surface area is 140 Å². The van der Waals surface area contributed by atoms with Crippen molar-refractivity contribution in [2.45, 2.75) is 45.8 Å². The predicted octanol–water partition coefficient (Wildman–Crippen LogP) is 1.34. The maximum atomic E-state index is 12.8. The number of aliphatic imine (C=N–C) groups is 1. The summed E-state index contributed by atoms with van der Waals surface area (Å²) in [5.41, 5.74) is 0. The van der Waals surface area contributed by atoms with E-state index in [1.807, 2.05) is 18.7 Å². The Bertz CT molecular complexity index is 574. The largest absolute Gasteiger partial charge is 0.357 e. The highest BCUT2D eigenvalue weighted by molar-refractivity contribution is 5.80. The number of halogens is 2. The Morgan fingerprint density at radius 1 is 1.50 bits per heavy atom. The second-order valence-electron chi connectivity index (χ2n) is 5.55. The van der Waals surface area contributed by atoms with E-state index in [9.17, 15) is 13.6 Å². The fourth-order valence-corrected chi connectivity index (χ4v) is 2.64. The van der Waals surface area contributed by atoms with Gasteiger partial charge in [0.1, 0.15) is 12.4 Å². The van der Waals surface area contributed by atoms with Gasteiger partial charge < -0.3 is 15.5 Å². The molecule has 9 heteroatoms. The van der Waals surface area contributed by atoms with Gasteiger partial charge in [-0.3, -0.25) is 9.36 Å². The molecule has 0 spiro atoms. The molecule has 0 aliphatic carbocycles. The summed E-state index contributed by atoms with van der Waals surface area (Å²) in [6.07, 6.45) is 3.91. The summed E-state index contributed by atoms with van der Waals surface area (Å²) < 4.78 is 26.4. The maximum absolute atomic E-state index is 12.8. The van der Waals surface area contributed by atoms with E-state index in [2.05, 4.69) is 20.6 Å². The Morgan fingerprint density at radius 3 is 2.96 bits per heavy atom. The Kier molecular flexibility index (Phi) is 6.51. The molecule has 0 aromatic carbocycles. The van der Waals surface area contributed by atoms with Crippen LogP contribution in [0, 0.1) is 0 Å². The molecule has 1 saturated heterocycles. The number of rotatable bonds is 6. The van der Waals surface area contributed by atoms with E-state index in [4.69, 9.17) is 0 Å². The normalized spacial score (nSPS) is 18.3. The van der Waals surface area contributed by atoms with Gasteiger partial charge in [-0.05, 0) is 13.3 Å². The van der Waals surface area contributed by atoms with Crippen LogP contribution in [-0.2, 0) is 11.3 Å². The lowest BCUT2D eigenvalue weighted by Crippen LogP contribution is -2.45. The summed E-state index contributed by atoms with van der Waals surface area (Å²) >= 11 is 0. The summed E-state index contributed by atoms with van der Waals surface area (Å²) in [6.45, 7) is 3.20. The first kappa shape index (κ1) is 18.2. The lowest BCUT2D eigenvalue weighted by atomic mass is 10.3. The second-order valence-corrected chi connectivity index (χ2v) is 5.55. The maximum Gasteiger partial charge on any atom is 0.319 e. The van der Waals surface area contributed by atoms with Crippen LogP contribution in [0.4, 0.5) is 8.78 Å². The van der Waals surface area contributed by atoms with Gasteiger partial charge in [-0.15, -0.1) is 0 Å². The summed E-state index contributed by atoms with van der Waals surface area (Å²) in [6, 6.07) is 0.105. The van der Waals surface area contributed by atoms with Gasteiger partial charge in [-0.2, -0.15) is 8.78 Å². The minimum absolute atomic E-state index is 0.0526. The third-order valence-corrected chi connectivity index (χ3v) is 3.87. The van der Waals surface area contributed by atoms with Crippen LogP contribution in [0.5, 0.6) is 0 Å². The quantitative estimate of drug-likeness (QED) is 0.604. The first-order valence-corrected chi connectivity index (χ1v) is 8.17. The fraction of sp³-hybridized carbons (Fsp3) is 0.667. The average Bonchev–Trinajstić information content (AvgIpc) is 3.21. The molecule has 1 fully saturated rings. The van der Waals surface area contributed by atoms with Gasteiger partial charge in [-0.1, -0.05) is 6.92 Å². The van der Waals surface area contributed by atoms with Gasteiger partial charge in [0.2, 0.25) is 5.91 Å². The highest BCUT2D eigenvalue weighted by Gasteiger charge is 2.25. The SMILES string of the molecule is CCNC(=NCc1nccn1C(F)F)NC1CCN(C(=O)CC)C1. The molecule has 2 N–H and O–H groups in total. The number of alkyl halides is 2. The standard InChI is InChI=1S/C15H24F2N6O/c1-3-13(24)22-7-5-11(10-22)21-15(18-4-2)20-9-12-19-6-8-23(12)14(16)17/h6,8,11,14H,3-5,7,9-10H2,1-2H3,(H2,18,20,21). The minimum Gasteiger partial charge on any atom is -0.357 e. The summed E-state index contributed by atoms with van der Waals surface area (Å²) in [5.74, 6) is 0.883. The number of amides is 1. The van der Waals surface area contributed by atoms with E-state index in [0.717, 1.165) is 17.5 Å². The number of carbonyl (C=O) groups excluding carboxylic acids is 1. The van der Waals surface area contributed by atoms with Gasteiger partial charge in [0, 0.05) is 44.5 Å². The number of nitrogens with one attached hydrogen (secondary N) is 2. The molecule has 1 aliphatic heterocycles. The van der Waals surface area contributed by atoms with Crippen LogP contribution in [0.2, 0.25) is 0 Å². The first-order chi connectivity index (χ1) is 11.5. The molecule has 1 aromatic rings. The summed E-state index contributed by atoms with van der Waals surface area (Å²) in [7, 11) is 0. The van der Waals surface area contributed by atoms with Crippen LogP contribution in [0.1, 0.15) is 39.1 Å². The molecule has 2 rings (SSSR count). The topological polar surface area (TPSA) is 74.6 Å². The van der Waals surface area contributed by atoms with E-state index < -0.39 is 6.55 Å². The predicted molar refractivity (Wildman–Crippen MR) is 86.7 cm³/mol. The number of nitrogens with zero attached hydrogens (tertiary/aromatic N) is 4. The van der Waals surface area contributed by atoms with Crippen molar-refractivity contribution in [3.05, 3.63) is 18.2 Å². The average molecular weight is 342 g/mol. The molecular formula is C15H24F2N6O. The number of aromatic nitrogens is 2. The molecule has 1 amide bonds. The number of hydrogen-bond donors (Lipinski definition) is 2. The summed E-state index contributed by atoms with van der Waals surface area (Å²) in [4.78, 5) is 21.8. The smallest absolute Gasteiger partial charge is 0.319 e. The van der Waals surface area contributed by atoms with Gasteiger partial charge in [0.15, 0.2) is 5.96 Å². The molecule has 1 unspecified atom stereocenters. The summed E-state index contributed by atoms with van der Waals surface area (Å²) in [5, 5.41) is 6.35. The monoisotopic (exact) mass is 342 g/mol. The van der Waals surface area contributed by atoms with Gasteiger partial charge in [0.25, 0.3) is 0 Å². The third-order valence-electron chi connectivity index (χ3n) is 3.87. The van der Waals surface area contributed by atoms with E-state index in [1.165, 1.54) is 12.4 Å². The van der Waals surface area contributed by atoms with Crippen molar-refractivity contribution < 1.29 is 13.6 Å². The minimum atomic E-state index is -2.63. The molecule has 1 atom stereocenters. The Morgan fingerprint density at radius 2 is 2.29 bits per heavy atom. The van der Waals surface area contributed by atoms with Crippen LogP contribution in [0.3, 0.4) is 0 Å². The van der Waals surface area contributed by atoms with Crippen LogP contribution < -0.4 is 10.6 Å². The highest BCUT2D eigenvalue weighted by atomic mass is 19.3.